The molecule has 0 aliphatic carbocycles. The van der Waals surface area contributed by atoms with E-state index in [9.17, 15) is 5.11 Å². The molecule has 7 N–H and O–H groups in total. The van der Waals surface area contributed by atoms with Crippen LogP contribution < -0.4 is 22.1 Å². The van der Waals surface area contributed by atoms with E-state index in [1.54, 1.807) is 0 Å². The van der Waals surface area contributed by atoms with Gasteiger partial charge >= 0.3 is 0 Å². The van der Waals surface area contributed by atoms with Crippen molar-refractivity contribution in [2.75, 3.05) is 32.7 Å². The van der Waals surface area contributed by atoms with Crippen LogP contribution >= 0.6 is 0 Å². The molecule has 0 saturated heterocycles. The van der Waals surface area contributed by atoms with Gasteiger partial charge in [0.15, 0.2) is 0 Å². The minimum absolute atomic E-state index is 0.118. The maximum atomic E-state index is 9.56. The zero-order valence-electron chi connectivity index (χ0n) is 17.9. The number of aliphatic hydroxyl groups is 1. The third kappa shape index (κ3) is 13.2. The van der Waals surface area contributed by atoms with Gasteiger partial charge in [-0.05, 0) is 87.9 Å². The molecule has 0 unspecified atom stereocenters. The number of aliphatic hydroxyl groups excluding tert-OH is 1. The van der Waals surface area contributed by atoms with E-state index in [1.165, 1.54) is 56.1 Å². The Labute approximate surface area is 172 Å². The summed E-state index contributed by atoms with van der Waals surface area (Å²) >= 11 is 0. The molecule has 5 heteroatoms. The molecule has 0 bridgehead atoms. The number of nitrogens with two attached hydrogens (primary N) is 2. The van der Waals surface area contributed by atoms with E-state index in [-0.39, 0.29) is 6.61 Å². The highest BCUT2D eigenvalue weighted by molar-refractivity contribution is 5.30. The molecule has 5 nitrogen and oxygen atoms in total. The van der Waals surface area contributed by atoms with Crippen LogP contribution in [0, 0.1) is 0 Å². The smallest absolute Gasteiger partial charge is 0.0682 e. The van der Waals surface area contributed by atoms with Crippen molar-refractivity contribution in [2.24, 2.45) is 11.5 Å². The first-order valence-corrected chi connectivity index (χ1v) is 11.3. The summed E-state index contributed by atoms with van der Waals surface area (Å²) in [6.45, 7) is 5.74. The van der Waals surface area contributed by atoms with Crippen LogP contribution in [0.15, 0.2) is 18.2 Å². The van der Waals surface area contributed by atoms with Crippen LogP contribution in [0.5, 0.6) is 0 Å². The van der Waals surface area contributed by atoms with Gasteiger partial charge in [-0.2, -0.15) is 0 Å². The maximum absolute atomic E-state index is 9.56. The number of benzene rings is 1. The average Bonchev–Trinajstić information content (AvgIpc) is 2.71. The number of nitrogens with one attached hydrogen (secondary N) is 2. The van der Waals surface area contributed by atoms with E-state index >= 15 is 0 Å². The van der Waals surface area contributed by atoms with Gasteiger partial charge in [0, 0.05) is 6.54 Å². The first-order valence-electron chi connectivity index (χ1n) is 11.3. The molecule has 0 radical (unpaired) electrons. The zero-order valence-corrected chi connectivity index (χ0v) is 17.9. The Morgan fingerprint density at radius 2 is 1.18 bits per heavy atom. The molecule has 1 aromatic rings. The van der Waals surface area contributed by atoms with Gasteiger partial charge in [0.1, 0.15) is 0 Å². The second-order valence-electron chi connectivity index (χ2n) is 7.75. The summed E-state index contributed by atoms with van der Waals surface area (Å²) in [4.78, 5) is 0. The van der Waals surface area contributed by atoms with Crippen molar-refractivity contribution >= 4 is 0 Å². The standard InChI is InChI=1S/C23H44N4O/c24-11-6-2-1-3-7-14-27-19-22-16-21(17-23(18-22)20-28)10-5-4-8-13-26-15-9-12-25/h16-18,26-28H,1-15,19-20,24-25H2. The van der Waals surface area contributed by atoms with E-state index in [2.05, 4.69) is 28.8 Å². The Hall–Kier alpha value is -0.980. The van der Waals surface area contributed by atoms with Gasteiger partial charge in [0.05, 0.1) is 6.61 Å². The second-order valence-corrected chi connectivity index (χ2v) is 7.75. The fraction of sp³-hybridized carbons (Fsp3) is 0.739. The number of rotatable bonds is 19. The highest BCUT2D eigenvalue weighted by atomic mass is 16.3. The Bertz CT molecular complexity index is 443. The molecular weight excluding hydrogens is 348 g/mol. The van der Waals surface area contributed by atoms with Crippen LogP contribution in [0.4, 0.5) is 0 Å². The Morgan fingerprint density at radius 1 is 0.607 bits per heavy atom. The first-order chi connectivity index (χ1) is 13.8. The Morgan fingerprint density at radius 3 is 1.93 bits per heavy atom. The third-order valence-corrected chi connectivity index (χ3v) is 5.06. The molecule has 0 amide bonds. The van der Waals surface area contributed by atoms with Crippen molar-refractivity contribution in [3.63, 3.8) is 0 Å². The molecule has 0 aliphatic rings. The van der Waals surface area contributed by atoms with Gasteiger partial charge in [0.2, 0.25) is 0 Å². The van der Waals surface area contributed by atoms with Crippen LogP contribution in [-0.2, 0) is 19.6 Å². The normalized spacial score (nSPS) is 11.2. The summed E-state index contributed by atoms with van der Waals surface area (Å²) in [6.07, 6.45) is 12.0. The Kier molecular flexibility index (Phi) is 16.2. The monoisotopic (exact) mass is 392 g/mol. The highest BCUT2D eigenvalue weighted by Crippen LogP contribution is 2.14. The van der Waals surface area contributed by atoms with Crippen molar-refractivity contribution in [3.05, 3.63) is 34.9 Å². The third-order valence-electron chi connectivity index (χ3n) is 5.06. The molecule has 1 rings (SSSR count). The van der Waals surface area contributed by atoms with Crippen LogP contribution in [-0.4, -0.2) is 37.8 Å². The summed E-state index contributed by atoms with van der Waals surface area (Å²) < 4.78 is 0. The lowest BCUT2D eigenvalue weighted by Gasteiger charge is -2.10. The number of hydrogen-bond acceptors (Lipinski definition) is 5. The predicted molar refractivity (Wildman–Crippen MR) is 120 cm³/mol. The molecule has 1 aromatic carbocycles. The Balaban J connectivity index is 2.22. The van der Waals surface area contributed by atoms with Crippen LogP contribution in [0.25, 0.3) is 0 Å². The molecule has 28 heavy (non-hydrogen) atoms. The lowest BCUT2D eigenvalue weighted by atomic mass is 10.0. The van der Waals surface area contributed by atoms with Gasteiger partial charge < -0.3 is 27.2 Å². The van der Waals surface area contributed by atoms with Gasteiger partial charge in [-0.15, -0.1) is 0 Å². The summed E-state index contributed by atoms with van der Waals surface area (Å²) in [5.74, 6) is 0. The van der Waals surface area contributed by atoms with Crippen molar-refractivity contribution < 1.29 is 5.11 Å². The lowest BCUT2D eigenvalue weighted by Crippen LogP contribution is -2.19. The lowest BCUT2D eigenvalue weighted by molar-refractivity contribution is 0.281. The first kappa shape index (κ1) is 25.1. The van der Waals surface area contributed by atoms with E-state index in [0.29, 0.717) is 0 Å². The number of aryl methyl sites for hydroxylation is 1. The van der Waals surface area contributed by atoms with Gasteiger partial charge in [-0.25, -0.2) is 0 Å². The number of hydrogen-bond donors (Lipinski definition) is 5. The van der Waals surface area contributed by atoms with Gasteiger partial charge in [-0.3, -0.25) is 0 Å². The molecule has 162 valence electrons. The molecule has 0 heterocycles. The van der Waals surface area contributed by atoms with Crippen molar-refractivity contribution in [3.8, 4) is 0 Å². The summed E-state index contributed by atoms with van der Waals surface area (Å²) in [7, 11) is 0. The minimum Gasteiger partial charge on any atom is -0.392 e. The maximum Gasteiger partial charge on any atom is 0.0682 e. The van der Waals surface area contributed by atoms with Crippen LogP contribution in [0.2, 0.25) is 0 Å². The summed E-state index contributed by atoms with van der Waals surface area (Å²) in [5, 5.41) is 16.5. The van der Waals surface area contributed by atoms with E-state index in [1.807, 2.05) is 0 Å². The van der Waals surface area contributed by atoms with E-state index < -0.39 is 0 Å². The largest absolute Gasteiger partial charge is 0.392 e. The molecule has 0 atom stereocenters. The molecule has 0 fully saturated rings. The van der Waals surface area contributed by atoms with Gasteiger partial charge in [0.25, 0.3) is 0 Å². The van der Waals surface area contributed by atoms with Crippen LogP contribution in [0.3, 0.4) is 0 Å². The predicted octanol–water partition coefficient (Wildman–Crippen LogP) is 2.83. The topological polar surface area (TPSA) is 96.3 Å². The fourth-order valence-corrected chi connectivity index (χ4v) is 3.44. The summed E-state index contributed by atoms with van der Waals surface area (Å²) in [6, 6.07) is 6.58. The van der Waals surface area contributed by atoms with Crippen molar-refractivity contribution in [2.45, 2.75) is 77.4 Å². The van der Waals surface area contributed by atoms with E-state index in [4.69, 9.17) is 11.5 Å². The fourth-order valence-electron chi connectivity index (χ4n) is 3.44. The molecule has 0 aromatic heterocycles. The molecular formula is C23H44N4O. The SMILES string of the molecule is NCCCCCCCNCc1cc(CO)cc(CCCCCNCCCN)c1. The second kappa shape index (κ2) is 18.1. The zero-order chi connectivity index (χ0) is 20.3. The number of unbranched alkanes of at least 4 members (excludes halogenated alkanes) is 6. The van der Waals surface area contributed by atoms with E-state index in [0.717, 1.165) is 64.1 Å². The molecule has 0 aliphatic heterocycles. The molecule has 0 spiro atoms. The quantitative estimate of drug-likeness (QED) is 0.233. The molecule has 0 saturated carbocycles. The highest BCUT2D eigenvalue weighted by Gasteiger charge is 2.02. The van der Waals surface area contributed by atoms with Crippen molar-refractivity contribution in [1.29, 1.82) is 0 Å². The minimum atomic E-state index is 0.118. The van der Waals surface area contributed by atoms with Crippen LogP contribution in [0.1, 0.15) is 74.5 Å². The van der Waals surface area contributed by atoms with Crippen molar-refractivity contribution in [1.82, 2.24) is 10.6 Å². The average molecular weight is 393 g/mol. The summed E-state index contributed by atoms with van der Waals surface area (Å²) in [5.41, 5.74) is 14.7. The van der Waals surface area contributed by atoms with Gasteiger partial charge in [-0.1, -0.05) is 43.9 Å².